The fraction of sp³-hybridized carbons (Fsp3) is 0.857. The lowest BCUT2D eigenvalue weighted by atomic mass is 9.47. The summed E-state index contributed by atoms with van der Waals surface area (Å²) in [5.74, 6) is 2.80. The van der Waals surface area contributed by atoms with Crippen LogP contribution >= 0.6 is 0 Å². The molecular formula is C21H32O2. The number of aliphatic hydroxyl groups excluding tert-OH is 1. The van der Waals surface area contributed by atoms with Gasteiger partial charge in [-0.1, -0.05) is 31.9 Å². The molecule has 4 rings (SSSR count). The number of hydrogen-bond acceptors (Lipinski definition) is 2. The second-order valence-electron chi connectivity index (χ2n) is 9.61. The average Bonchev–Trinajstić information content (AvgIpc) is 2.73. The average molecular weight is 316 g/mol. The molecule has 128 valence electrons. The maximum absolute atomic E-state index is 12.8. The van der Waals surface area contributed by atoms with Crippen molar-refractivity contribution in [3.63, 3.8) is 0 Å². The minimum atomic E-state index is -0.133. The number of Topliss-reactive ketones (excluding diaryl/α,β-unsaturated/α-hetero) is 1. The van der Waals surface area contributed by atoms with Crippen molar-refractivity contribution in [1.29, 1.82) is 0 Å². The van der Waals surface area contributed by atoms with Gasteiger partial charge in [0.05, 0.1) is 6.10 Å². The van der Waals surface area contributed by atoms with Gasteiger partial charge in [0, 0.05) is 11.3 Å². The zero-order valence-corrected chi connectivity index (χ0v) is 15.2. The second kappa shape index (κ2) is 4.94. The number of ketones is 1. The van der Waals surface area contributed by atoms with E-state index in [2.05, 4.69) is 27.7 Å². The molecule has 0 aliphatic heterocycles. The van der Waals surface area contributed by atoms with Crippen molar-refractivity contribution < 1.29 is 9.90 Å². The second-order valence-corrected chi connectivity index (χ2v) is 9.61. The van der Waals surface area contributed by atoms with Gasteiger partial charge < -0.3 is 5.11 Å². The standard InChI is InChI=1S/C21H32O2/c1-12-9-15-16(20(3)7-5-14(22)11-17(12)20)6-8-21(4)18(15)10-13(2)19(21)23/h13-16,18,22H,5-11H2,1-4H3/t13-,14-,15+,16-,18-,20+,21-/m0/s1. The molecule has 0 aromatic carbocycles. The minimum Gasteiger partial charge on any atom is -0.393 e. The summed E-state index contributed by atoms with van der Waals surface area (Å²) >= 11 is 0. The van der Waals surface area contributed by atoms with Gasteiger partial charge in [-0.25, -0.2) is 0 Å². The van der Waals surface area contributed by atoms with Gasteiger partial charge in [-0.15, -0.1) is 0 Å². The Balaban J connectivity index is 1.74. The monoisotopic (exact) mass is 316 g/mol. The predicted octanol–water partition coefficient (Wildman–Crippen LogP) is 4.52. The first-order valence-electron chi connectivity index (χ1n) is 9.69. The van der Waals surface area contributed by atoms with E-state index < -0.39 is 0 Å². The molecule has 3 saturated carbocycles. The topological polar surface area (TPSA) is 37.3 Å². The summed E-state index contributed by atoms with van der Waals surface area (Å²) in [7, 11) is 0. The number of hydrogen-bond donors (Lipinski definition) is 1. The Kier molecular flexibility index (Phi) is 3.41. The summed E-state index contributed by atoms with van der Waals surface area (Å²) < 4.78 is 0. The largest absolute Gasteiger partial charge is 0.393 e. The van der Waals surface area contributed by atoms with Crippen LogP contribution in [-0.4, -0.2) is 17.0 Å². The highest BCUT2D eigenvalue weighted by Crippen LogP contribution is 2.65. The van der Waals surface area contributed by atoms with E-state index in [4.69, 9.17) is 0 Å². The highest BCUT2D eigenvalue weighted by atomic mass is 16.3. The zero-order valence-electron chi connectivity index (χ0n) is 15.2. The van der Waals surface area contributed by atoms with Gasteiger partial charge in [0.15, 0.2) is 0 Å². The number of rotatable bonds is 0. The molecule has 23 heavy (non-hydrogen) atoms. The molecule has 4 aliphatic carbocycles. The van der Waals surface area contributed by atoms with Crippen molar-refractivity contribution in [3.05, 3.63) is 11.1 Å². The fourth-order valence-electron chi connectivity index (χ4n) is 7.21. The maximum atomic E-state index is 12.8. The summed E-state index contributed by atoms with van der Waals surface area (Å²) in [6, 6.07) is 0. The Hall–Kier alpha value is -0.630. The molecule has 0 aromatic rings. The highest BCUT2D eigenvalue weighted by Gasteiger charge is 2.60. The molecule has 0 heterocycles. The van der Waals surface area contributed by atoms with Crippen molar-refractivity contribution in [2.75, 3.05) is 0 Å². The molecule has 2 nitrogen and oxygen atoms in total. The van der Waals surface area contributed by atoms with Crippen molar-refractivity contribution in [1.82, 2.24) is 0 Å². The van der Waals surface area contributed by atoms with Gasteiger partial charge in [-0.05, 0) is 75.0 Å². The Morgan fingerprint density at radius 1 is 1.04 bits per heavy atom. The van der Waals surface area contributed by atoms with E-state index in [1.807, 2.05) is 0 Å². The van der Waals surface area contributed by atoms with E-state index in [9.17, 15) is 9.90 Å². The lowest BCUT2D eigenvalue weighted by molar-refractivity contribution is -0.134. The third-order valence-corrected chi connectivity index (χ3v) is 8.45. The van der Waals surface area contributed by atoms with Gasteiger partial charge in [0.1, 0.15) is 5.78 Å². The lowest BCUT2D eigenvalue weighted by Gasteiger charge is -2.57. The summed E-state index contributed by atoms with van der Waals surface area (Å²) in [6.07, 6.45) is 7.42. The zero-order chi connectivity index (χ0) is 16.6. The molecule has 0 bridgehead atoms. The molecule has 0 amide bonds. The molecule has 3 fully saturated rings. The van der Waals surface area contributed by atoms with Gasteiger partial charge in [0.25, 0.3) is 0 Å². The van der Waals surface area contributed by atoms with Crippen LogP contribution in [0.5, 0.6) is 0 Å². The summed E-state index contributed by atoms with van der Waals surface area (Å²) in [5, 5.41) is 10.2. The van der Waals surface area contributed by atoms with E-state index in [0.717, 1.165) is 38.0 Å². The lowest BCUT2D eigenvalue weighted by Crippen LogP contribution is -2.51. The van der Waals surface area contributed by atoms with Crippen molar-refractivity contribution in [2.24, 2.45) is 34.5 Å². The van der Waals surface area contributed by atoms with Gasteiger partial charge in [-0.2, -0.15) is 0 Å². The molecule has 4 aliphatic rings. The minimum absolute atomic E-state index is 0.0527. The van der Waals surface area contributed by atoms with E-state index in [1.54, 1.807) is 5.57 Å². The Labute approximate surface area is 140 Å². The maximum Gasteiger partial charge on any atom is 0.141 e. The third-order valence-electron chi connectivity index (χ3n) is 8.45. The fourth-order valence-corrected chi connectivity index (χ4v) is 7.21. The van der Waals surface area contributed by atoms with Crippen molar-refractivity contribution in [3.8, 4) is 0 Å². The van der Waals surface area contributed by atoms with Crippen molar-refractivity contribution >= 4 is 5.78 Å². The van der Waals surface area contributed by atoms with Crippen LogP contribution in [0.1, 0.15) is 72.6 Å². The first-order valence-corrected chi connectivity index (χ1v) is 9.69. The van der Waals surface area contributed by atoms with Crippen LogP contribution in [0.15, 0.2) is 11.1 Å². The SMILES string of the molecule is CC1=C2C[C@@H](O)CC[C@]2(C)[C@H]2CC[C@]3(C)C(=O)[C@@H](C)C[C@H]3[C@@H]2C1. The number of carbonyl (C=O) groups is 1. The van der Waals surface area contributed by atoms with Crippen LogP contribution in [0.4, 0.5) is 0 Å². The summed E-state index contributed by atoms with van der Waals surface area (Å²) in [5.41, 5.74) is 3.33. The molecule has 1 N–H and O–H groups in total. The Bertz CT molecular complexity index is 576. The molecule has 0 aromatic heterocycles. The van der Waals surface area contributed by atoms with Gasteiger partial charge >= 0.3 is 0 Å². The molecule has 2 heteroatoms. The first-order chi connectivity index (χ1) is 10.8. The van der Waals surface area contributed by atoms with Crippen LogP contribution in [-0.2, 0) is 4.79 Å². The number of aliphatic hydroxyl groups is 1. The van der Waals surface area contributed by atoms with Crippen LogP contribution in [0, 0.1) is 34.5 Å². The van der Waals surface area contributed by atoms with Crippen molar-refractivity contribution in [2.45, 2.75) is 78.7 Å². The van der Waals surface area contributed by atoms with Crippen LogP contribution in [0.2, 0.25) is 0 Å². The van der Waals surface area contributed by atoms with Crippen LogP contribution in [0.25, 0.3) is 0 Å². The van der Waals surface area contributed by atoms with E-state index in [0.29, 0.717) is 17.6 Å². The first kappa shape index (κ1) is 15.9. The summed E-state index contributed by atoms with van der Waals surface area (Å²) in [6.45, 7) is 9.18. The molecule has 0 unspecified atom stereocenters. The number of allylic oxidation sites excluding steroid dienone is 1. The van der Waals surface area contributed by atoms with Gasteiger partial charge in [0.2, 0.25) is 0 Å². The number of fused-ring (bicyclic) bond motifs is 5. The molecule has 7 atom stereocenters. The Morgan fingerprint density at radius 3 is 2.48 bits per heavy atom. The van der Waals surface area contributed by atoms with Crippen LogP contribution < -0.4 is 0 Å². The predicted molar refractivity (Wildman–Crippen MR) is 91.9 cm³/mol. The van der Waals surface area contributed by atoms with Crippen LogP contribution in [0.3, 0.4) is 0 Å². The normalized spacial score (nSPS) is 52.9. The highest BCUT2D eigenvalue weighted by molar-refractivity contribution is 5.89. The quantitative estimate of drug-likeness (QED) is 0.667. The summed E-state index contributed by atoms with van der Waals surface area (Å²) in [4.78, 5) is 12.8. The Morgan fingerprint density at radius 2 is 1.74 bits per heavy atom. The van der Waals surface area contributed by atoms with E-state index in [-0.39, 0.29) is 22.9 Å². The molecular weight excluding hydrogens is 284 g/mol. The van der Waals surface area contributed by atoms with E-state index >= 15 is 0 Å². The smallest absolute Gasteiger partial charge is 0.141 e. The molecule has 0 radical (unpaired) electrons. The van der Waals surface area contributed by atoms with E-state index in [1.165, 1.54) is 18.4 Å². The molecule has 0 spiro atoms. The van der Waals surface area contributed by atoms with Gasteiger partial charge in [-0.3, -0.25) is 4.79 Å². The molecule has 0 saturated heterocycles. The number of carbonyl (C=O) groups excluding carboxylic acids is 1. The third kappa shape index (κ3) is 2.00.